The molecule has 208 valence electrons. The summed E-state index contributed by atoms with van der Waals surface area (Å²) in [6.45, 7) is 15.6. The zero-order chi connectivity index (χ0) is 28.1. The van der Waals surface area contributed by atoms with Gasteiger partial charge in [-0.15, -0.1) is 0 Å². The van der Waals surface area contributed by atoms with Crippen LogP contribution in [0.5, 0.6) is 0 Å². The van der Waals surface area contributed by atoms with Crippen LogP contribution in [0.3, 0.4) is 0 Å². The molecule has 4 saturated carbocycles. The van der Waals surface area contributed by atoms with Crippen molar-refractivity contribution in [1.29, 1.82) is 5.26 Å². The summed E-state index contributed by atoms with van der Waals surface area (Å²) in [5.74, 6) is 0.458. The van der Waals surface area contributed by atoms with Gasteiger partial charge in [-0.1, -0.05) is 54.5 Å². The van der Waals surface area contributed by atoms with E-state index in [0.29, 0.717) is 12.2 Å². The number of nitriles is 1. The summed E-state index contributed by atoms with van der Waals surface area (Å²) in [4.78, 5) is 40.4. The Morgan fingerprint density at radius 3 is 2.24 bits per heavy atom. The molecule has 0 aromatic carbocycles. The lowest BCUT2D eigenvalue weighted by Crippen LogP contribution is -2.72. The Morgan fingerprint density at radius 1 is 0.947 bits per heavy atom. The molecule has 0 heterocycles. The van der Waals surface area contributed by atoms with Gasteiger partial charge in [-0.05, 0) is 84.4 Å². The van der Waals surface area contributed by atoms with Crippen molar-refractivity contribution in [3.63, 3.8) is 0 Å². The first-order valence-corrected chi connectivity index (χ1v) is 14.7. The van der Waals surface area contributed by atoms with Gasteiger partial charge in [0, 0.05) is 30.3 Å². The van der Waals surface area contributed by atoms with E-state index in [4.69, 9.17) is 0 Å². The summed E-state index contributed by atoms with van der Waals surface area (Å²) >= 11 is 0. The SMILES string of the molecule is CNC(=O)N[C@]12CCC(C)(C)C[C@H]1[C@H]1C(=O)C[C@@H]3[C@@]4(C)C=C(C#N)C(=O)C(C)(C)C4CC[C@@]3(C)[C@]1(C)CC2. The number of ketones is 2. The summed E-state index contributed by atoms with van der Waals surface area (Å²) in [6.07, 6.45) is 9.01. The third-order valence-corrected chi connectivity index (χ3v) is 13.1. The van der Waals surface area contributed by atoms with Crippen molar-refractivity contribution in [1.82, 2.24) is 10.6 Å². The van der Waals surface area contributed by atoms with E-state index < -0.39 is 5.41 Å². The molecule has 1 unspecified atom stereocenters. The maximum absolute atomic E-state index is 14.5. The topological polar surface area (TPSA) is 99.1 Å². The number of urea groups is 1. The van der Waals surface area contributed by atoms with Crippen LogP contribution in [0.25, 0.3) is 0 Å². The second-order valence-corrected chi connectivity index (χ2v) is 15.5. The number of fused-ring (bicyclic) bond motifs is 7. The molecule has 0 aromatic heterocycles. The lowest BCUT2D eigenvalue weighted by molar-refractivity contribution is -0.214. The second kappa shape index (κ2) is 8.18. The van der Waals surface area contributed by atoms with Crippen LogP contribution < -0.4 is 10.6 Å². The number of rotatable bonds is 1. The minimum atomic E-state index is -0.622. The van der Waals surface area contributed by atoms with Crippen molar-refractivity contribution >= 4 is 17.6 Å². The molecule has 8 atom stereocenters. The van der Waals surface area contributed by atoms with E-state index in [1.54, 1.807) is 7.05 Å². The van der Waals surface area contributed by atoms with E-state index in [2.05, 4.69) is 51.3 Å². The molecule has 6 nitrogen and oxygen atoms in total. The molecule has 0 aromatic rings. The Bertz CT molecular complexity index is 1160. The fourth-order valence-electron chi connectivity index (χ4n) is 10.8. The first kappa shape index (κ1) is 27.4. The fourth-order valence-corrected chi connectivity index (χ4v) is 10.8. The number of hydrogen-bond donors (Lipinski definition) is 2. The van der Waals surface area contributed by atoms with Crippen LogP contribution in [-0.2, 0) is 9.59 Å². The summed E-state index contributed by atoms with van der Waals surface area (Å²) < 4.78 is 0. The molecule has 0 spiro atoms. The van der Waals surface area contributed by atoms with E-state index >= 15 is 0 Å². The Hall–Kier alpha value is -2.16. The van der Waals surface area contributed by atoms with Crippen molar-refractivity contribution in [3.8, 4) is 6.07 Å². The number of carbonyl (C=O) groups is 3. The molecule has 2 amide bonds. The highest BCUT2D eigenvalue weighted by molar-refractivity contribution is 6.04. The van der Waals surface area contributed by atoms with Crippen LogP contribution in [0.4, 0.5) is 4.79 Å². The third kappa shape index (κ3) is 3.38. The predicted molar refractivity (Wildman–Crippen MR) is 147 cm³/mol. The molecule has 5 aliphatic rings. The Balaban J connectivity index is 1.62. The minimum absolute atomic E-state index is 0.0514. The third-order valence-electron chi connectivity index (χ3n) is 13.1. The largest absolute Gasteiger partial charge is 0.341 e. The minimum Gasteiger partial charge on any atom is -0.341 e. The van der Waals surface area contributed by atoms with E-state index in [1.165, 1.54) is 0 Å². The number of amides is 2. The Morgan fingerprint density at radius 2 is 1.61 bits per heavy atom. The number of carbonyl (C=O) groups excluding carboxylic acids is 3. The average molecular weight is 522 g/mol. The van der Waals surface area contributed by atoms with Gasteiger partial charge in [-0.2, -0.15) is 5.26 Å². The van der Waals surface area contributed by atoms with Crippen LogP contribution in [0.15, 0.2) is 11.6 Å². The summed E-state index contributed by atoms with van der Waals surface area (Å²) in [5, 5.41) is 16.0. The smallest absolute Gasteiger partial charge is 0.314 e. The van der Waals surface area contributed by atoms with Crippen molar-refractivity contribution in [2.45, 2.75) is 105 Å². The van der Waals surface area contributed by atoms with E-state index in [-0.39, 0.29) is 68.3 Å². The van der Waals surface area contributed by atoms with Gasteiger partial charge in [-0.3, -0.25) is 9.59 Å². The highest BCUT2D eigenvalue weighted by atomic mass is 16.2. The molecule has 2 N–H and O–H groups in total. The van der Waals surface area contributed by atoms with Gasteiger partial charge in [0.05, 0.1) is 5.57 Å². The summed E-state index contributed by atoms with van der Waals surface area (Å²) in [7, 11) is 1.66. The second-order valence-electron chi connectivity index (χ2n) is 15.5. The number of nitrogens with one attached hydrogen (secondary N) is 2. The number of Topliss-reactive ketones (excluding diaryl/α,β-unsaturated/α-hetero) is 2. The molecule has 4 fully saturated rings. The van der Waals surface area contributed by atoms with Crippen LogP contribution in [0.1, 0.15) is 99.8 Å². The molecule has 5 aliphatic carbocycles. The van der Waals surface area contributed by atoms with Gasteiger partial charge in [0.15, 0.2) is 5.78 Å². The van der Waals surface area contributed by atoms with Crippen molar-refractivity contribution in [3.05, 3.63) is 11.6 Å². The zero-order valence-corrected chi connectivity index (χ0v) is 24.7. The van der Waals surface area contributed by atoms with Crippen LogP contribution in [-0.4, -0.2) is 30.2 Å². The maximum Gasteiger partial charge on any atom is 0.314 e. The van der Waals surface area contributed by atoms with Gasteiger partial charge >= 0.3 is 6.03 Å². The number of hydrogen-bond acceptors (Lipinski definition) is 4. The first-order chi connectivity index (χ1) is 17.5. The highest BCUT2D eigenvalue weighted by Gasteiger charge is 2.72. The summed E-state index contributed by atoms with van der Waals surface area (Å²) in [6, 6.07) is 2.06. The van der Waals surface area contributed by atoms with Crippen LogP contribution in [0.2, 0.25) is 0 Å². The van der Waals surface area contributed by atoms with Gasteiger partial charge in [-0.25, -0.2) is 4.79 Å². The van der Waals surface area contributed by atoms with Crippen molar-refractivity contribution in [2.75, 3.05) is 7.05 Å². The Labute approximate surface area is 228 Å². The number of allylic oxidation sites excluding steroid dienone is 2. The quantitative estimate of drug-likeness (QED) is 0.444. The highest BCUT2D eigenvalue weighted by Crippen LogP contribution is 2.74. The van der Waals surface area contributed by atoms with Gasteiger partial charge in [0.2, 0.25) is 0 Å². The fraction of sp³-hybridized carbons (Fsp3) is 0.812. The molecule has 38 heavy (non-hydrogen) atoms. The van der Waals surface area contributed by atoms with E-state index in [0.717, 1.165) is 44.9 Å². The maximum atomic E-state index is 14.5. The summed E-state index contributed by atoms with van der Waals surface area (Å²) in [5.41, 5.74) is -1.29. The zero-order valence-electron chi connectivity index (χ0n) is 24.7. The van der Waals surface area contributed by atoms with Crippen molar-refractivity contribution < 1.29 is 14.4 Å². The Kier molecular flexibility index (Phi) is 5.90. The van der Waals surface area contributed by atoms with Crippen molar-refractivity contribution in [2.24, 2.45) is 50.7 Å². The van der Waals surface area contributed by atoms with Crippen LogP contribution in [0, 0.1) is 62.1 Å². The lowest BCUT2D eigenvalue weighted by Gasteiger charge is -2.72. The van der Waals surface area contributed by atoms with Gasteiger partial charge < -0.3 is 10.6 Å². The average Bonchev–Trinajstić information content (AvgIpc) is 2.83. The molecule has 0 aliphatic heterocycles. The monoisotopic (exact) mass is 521 g/mol. The standard InChI is InChI=1S/C32H47N3O3/c1-27(2)11-13-32(35-26(38)34-8)14-12-31(7)24(20(32)17-27)21(36)15-23-29(5)16-19(18-33)25(37)28(3,4)22(29)9-10-30(23,31)6/h16,20,22-24H,9-15,17H2,1-8H3,(H2,34,35,38)/t20-,22?,23+,24-,29-,30+,31+,32-/m0/s1. The molecule has 0 saturated heterocycles. The molecule has 0 radical (unpaired) electrons. The lowest BCUT2D eigenvalue weighted by atomic mass is 9.32. The molecular formula is C32H47N3O3. The first-order valence-electron chi connectivity index (χ1n) is 14.7. The van der Waals surface area contributed by atoms with Gasteiger partial charge in [0.25, 0.3) is 0 Å². The molecule has 6 heteroatoms. The van der Waals surface area contributed by atoms with Crippen LogP contribution >= 0.6 is 0 Å². The molecule has 5 rings (SSSR count). The number of nitrogens with zero attached hydrogens (tertiary/aromatic N) is 1. The molecular weight excluding hydrogens is 474 g/mol. The van der Waals surface area contributed by atoms with E-state index in [1.807, 2.05) is 19.9 Å². The normalized spacial score (nSPS) is 46.8. The van der Waals surface area contributed by atoms with E-state index in [9.17, 15) is 19.6 Å². The molecule has 0 bridgehead atoms. The van der Waals surface area contributed by atoms with Gasteiger partial charge in [0.1, 0.15) is 11.9 Å². The predicted octanol–water partition coefficient (Wildman–Crippen LogP) is 5.97.